The van der Waals surface area contributed by atoms with Gasteiger partial charge in [-0.2, -0.15) is 0 Å². The van der Waals surface area contributed by atoms with Gasteiger partial charge in [-0.15, -0.1) is 0 Å². The zero-order valence-corrected chi connectivity index (χ0v) is 8.46. The molecule has 13 heavy (non-hydrogen) atoms. The van der Waals surface area contributed by atoms with Gasteiger partial charge in [-0.1, -0.05) is 28.9 Å². The van der Waals surface area contributed by atoms with E-state index in [9.17, 15) is 0 Å². The van der Waals surface area contributed by atoms with Gasteiger partial charge in [-0.25, -0.2) is 0 Å². The summed E-state index contributed by atoms with van der Waals surface area (Å²) in [6.45, 7) is 2.06. The Labute approximate surface area is 81.0 Å². The molecule has 0 unspecified atom stereocenters. The van der Waals surface area contributed by atoms with Crippen LogP contribution in [0.15, 0.2) is 30.3 Å². The van der Waals surface area contributed by atoms with Crippen LogP contribution in [0.3, 0.4) is 0 Å². The van der Waals surface area contributed by atoms with Gasteiger partial charge in [0, 0.05) is 11.1 Å². The molecule has 1 nitrogen and oxygen atoms in total. The van der Waals surface area contributed by atoms with Crippen molar-refractivity contribution in [3.8, 4) is 0 Å². The van der Waals surface area contributed by atoms with Crippen molar-refractivity contribution in [3.05, 3.63) is 35.9 Å². The first-order chi connectivity index (χ1) is 6.18. The van der Waals surface area contributed by atoms with E-state index in [1.165, 1.54) is 10.9 Å². The molecule has 0 heterocycles. The van der Waals surface area contributed by atoms with Crippen molar-refractivity contribution in [2.45, 2.75) is 6.92 Å². The monoisotopic (exact) mass is 184 g/mol. The Morgan fingerprint density at radius 1 is 1.23 bits per heavy atom. The van der Waals surface area contributed by atoms with Gasteiger partial charge < -0.3 is 5.73 Å². The Bertz CT molecular complexity index is 463. The maximum Gasteiger partial charge on any atom is 0.0715 e. The molecule has 0 atom stereocenters. The zero-order chi connectivity index (χ0) is 9.42. The van der Waals surface area contributed by atoms with E-state index in [2.05, 4.69) is 35.4 Å². The van der Waals surface area contributed by atoms with Crippen LogP contribution in [-0.2, 0) is 0 Å². The van der Waals surface area contributed by atoms with Gasteiger partial charge in [-0.05, 0) is 24.4 Å². The molecule has 0 bridgehead atoms. The molecule has 0 aliphatic heterocycles. The second kappa shape index (κ2) is 2.89. The average Bonchev–Trinajstić information content (AvgIpc) is 2.09. The number of aryl methyl sites for hydroxylation is 1. The number of rotatable bonds is 0. The molecular weight excluding hydrogens is 174 g/mol. The van der Waals surface area contributed by atoms with Crippen LogP contribution in [0.1, 0.15) is 5.56 Å². The highest BCUT2D eigenvalue weighted by atomic mass is 28.1. The van der Waals surface area contributed by atoms with Crippen molar-refractivity contribution in [1.29, 1.82) is 0 Å². The van der Waals surface area contributed by atoms with E-state index >= 15 is 0 Å². The van der Waals surface area contributed by atoms with Crippen molar-refractivity contribution in [1.82, 2.24) is 0 Å². The van der Waals surface area contributed by atoms with Gasteiger partial charge in [0.1, 0.15) is 0 Å². The van der Waals surface area contributed by atoms with Crippen LogP contribution in [0.2, 0.25) is 0 Å². The normalized spacial score (nSPS) is 10.6. The maximum atomic E-state index is 5.86. The summed E-state index contributed by atoms with van der Waals surface area (Å²) in [4.78, 5) is 0. The molecule has 0 aliphatic carbocycles. The fourth-order valence-electron chi connectivity index (χ4n) is 1.46. The van der Waals surface area contributed by atoms with Crippen molar-refractivity contribution in [2.75, 3.05) is 5.73 Å². The van der Waals surface area contributed by atoms with E-state index in [1.54, 1.807) is 0 Å². The molecule has 2 aromatic carbocycles. The predicted octanol–water partition coefficient (Wildman–Crippen LogP) is 1.52. The summed E-state index contributed by atoms with van der Waals surface area (Å²) in [7, 11) is 3.55. The second-order valence-electron chi connectivity index (χ2n) is 3.24. The lowest BCUT2D eigenvalue weighted by Crippen LogP contribution is -2.06. The average molecular weight is 184 g/mol. The van der Waals surface area contributed by atoms with E-state index in [0.29, 0.717) is 0 Å². The van der Waals surface area contributed by atoms with E-state index in [4.69, 9.17) is 5.73 Å². The highest BCUT2D eigenvalue weighted by Crippen LogP contribution is 2.20. The number of hydrogen-bond donors (Lipinski definition) is 1. The molecule has 2 aromatic rings. The van der Waals surface area contributed by atoms with Gasteiger partial charge in [0.15, 0.2) is 0 Å². The summed E-state index contributed by atoms with van der Waals surface area (Å²) < 4.78 is 0. The molecule has 0 fully saturated rings. The molecule has 2 heteroatoms. The smallest absolute Gasteiger partial charge is 0.0715 e. The Hall–Kier alpha value is -1.28. The Balaban J connectivity index is 2.89. The van der Waals surface area contributed by atoms with Crippen LogP contribution >= 0.6 is 0 Å². The highest BCUT2D eigenvalue weighted by Gasteiger charge is 1.99. The van der Waals surface area contributed by atoms with E-state index in [1.807, 2.05) is 12.1 Å². The van der Waals surface area contributed by atoms with E-state index in [0.717, 1.165) is 16.3 Å². The minimum Gasteiger partial charge on any atom is -0.398 e. The third kappa shape index (κ3) is 1.33. The zero-order valence-electron chi connectivity index (χ0n) is 7.46. The van der Waals surface area contributed by atoms with Gasteiger partial charge in [0.2, 0.25) is 0 Å². The molecule has 0 amide bonds. The first kappa shape index (κ1) is 8.32. The molecule has 2 rings (SSSR count). The molecule has 0 saturated carbocycles. The summed E-state index contributed by atoms with van der Waals surface area (Å²) in [5, 5.41) is 3.43. The highest BCUT2D eigenvalue weighted by molar-refractivity contribution is 6.34. The second-order valence-corrected chi connectivity index (χ2v) is 3.77. The van der Waals surface area contributed by atoms with Crippen molar-refractivity contribution in [3.63, 3.8) is 0 Å². The lowest BCUT2D eigenvalue weighted by molar-refractivity contribution is 1.55. The standard InChI is InChI=1S/C11H10NSi/c1-7-5-9-8(6-11(7)13)3-2-4-10(9)12/h2-6H,12H2,1H3. The SMILES string of the molecule is Cc1cc2c(N)cccc2cc1[Si]. The molecule has 0 spiro atoms. The minimum atomic E-state index is 0.840. The van der Waals surface area contributed by atoms with Crippen LogP contribution in [0.5, 0.6) is 0 Å². The van der Waals surface area contributed by atoms with Crippen LogP contribution in [-0.4, -0.2) is 10.2 Å². The Kier molecular flexibility index (Phi) is 1.85. The van der Waals surface area contributed by atoms with Gasteiger partial charge in [0.25, 0.3) is 0 Å². The first-order valence-electron chi connectivity index (χ1n) is 4.19. The lowest BCUT2D eigenvalue weighted by Gasteiger charge is -2.05. The molecule has 63 valence electrons. The quantitative estimate of drug-likeness (QED) is 0.487. The van der Waals surface area contributed by atoms with Gasteiger partial charge >= 0.3 is 0 Å². The lowest BCUT2D eigenvalue weighted by atomic mass is 10.1. The predicted molar refractivity (Wildman–Crippen MR) is 58.5 cm³/mol. The van der Waals surface area contributed by atoms with E-state index in [-0.39, 0.29) is 0 Å². The Morgan fingerprint density at radius 2 is 2.00 bits per heavy atom. The molecule has 3 radical (unpaired) electrons. The number of fused-ring (bicyclic) bond motifs is 1. The third-order valence-corrected chi connectivity index (χ3v) is 2.80. The number of benzene rings is 2. The fourth-order valence-corrected chi connectivity index (χ4v) is 1.69. The third-order valence-electron chi connectivity index (χ3n) is 2.26. The fraction of sp³-hybridized carbons (Fsp3) is 0.0909. The van der Waals surface area contributed by atoms with Crippen LogP contribution < -0.4 is 10.9 Å². The van der Waals surface area contributed by atoms with Crippen LogP contribution in [0, 0.1) is 6.92 Å². The number of nitrogens with two attached hydrogens (primary N) is 1. The summed E-state index contributed by atoms with van der Waals surface area (Å²) in [6, 6.07) is 10.2. The molecular formula is C11H10NSi. The van der Waals surface area contributed by atoms with Crippen LogP contribution in [0.25, 0.3) is 10.8 Å². The molecule has 0 saturated heterocycles. The topological polar surface area (TPSA) is 26.0 Å². The molecule has 0 aliphatic rings. The van der Waals surface area contributed by atoms with Crippen molar-refractivity contribution in [2.24, 2.45) is 0 Å². The summed E-state index contributed by atoms with van der Waals surface area (Å²) in [5.74, 6) is 0. The maximum absolute atomic E-state index is 5.86. The number of hydrogen-bond acceptors (Lipinski definition) is 1. The summed E-state index contributed by atoms with van der Waals surface area (Å²) >= 11 is 0. The number of nitrogen functional groups attached to an aromatic ring is 1. The molecule has 0 aromatic heterocycles. The van der Waals surface area contributed by atoms with E-state index < -0.39 is 0 Å². The minimum absolute atomic E-state index is 0.840. The van der Waals surface area contributed by atoms with Crippen molar-refractivity contribution >= 4 is 31.9 Å². The van der Waals surface area contributed by atoms with Gasteiger partial charge in [-0.3, -0.25) is 0 Å². The Morgan fingerprint density at radius 3 is 2.77 bits per heavy atom. The largest absolute Gasteiger partial charge is 0.398 e. The molecule has 2 N–H and O–H groups in total. The number of anilines is 1. The first-order valence-corrected chi connectivity index (χ1v) is 4.69. The van der Waals surface area contributed by atoms with Crippen LogP contribution in [0.4, 0.5) is 5.69 Å². The van der Waals surface area contributed by atoms with Crippen molar-refractivity contribution < 1.29 is 0 Å². The summed E-state index contributed by atoms with van der Waals surface area (Å²) in [6.07, 6.45) is 0. The summed E-state index contributed by atoms with van der Waals surface area (Å²) in [5.41, 5.74) is 7.91. The van der Waals surface area contributed by atoms with Gasteiger partial charge in [0.05, 0.1) is 10.2 Å².